The van der Waals surface area contributed by atoms with Gasteiger partial charge in [-0.05, 0) is 67.4 Å². The molecule has 0 aromatic heterocycles. The highest BCUT2D eigenvalue weighted by molar-refractivity contribution is 5.96. The average molecular weight is 299 g/mol. The second kappa shape index (κ2) is 4.27. The van der Waals surface area contributed by atoms with Crippen LogP contribution in [0.3, 0.4) is 0 Å². The fourth-order valence-corrected chi connectivity index (χ4v) is 6.55. The summed E-state index contributed by atoms with van der Waals surface area (Å²) < 4.78 is 0. The van der Waals surface area contributed by atoms with E-state index in [4.69, 9.17) is 0 Å². The number of nitrogens with one attached hydrogen (secondary N) is 1. The van der Waals surface area contributed by atoms with Crippen LogP contribution in [0.1, 0.15) is 52.4 Å². The number of benzene rings is 1. The van der Waals surface area contributed by atoms with Crippen molar-refractivity contribution < 1.29 is 9.90 Å². The lowest BCUT2D eigenvalue weighted by Crippen LogP contribution is -2.58. The van der Waals surface area contributed by atoms with E-state index >= 15 is 0 Å². The van der Waals surface area contributed by atoms with Crippen LogP contribution in [0.25, 0.3) is 0 Å². The molecule has 4 bridgehead atoms. The summed E-state index contributed by atoms with van der Waals surface area (Å²) in [5.41, 5.74) is 1.18. The van der Waals surface area contributed by atoms with E-state index in [-0.39, 0.29) is 17.1 Å². The predicted octanol–water partition coefficient (Wildman–Crippen LogP) is 4.33. The first-order valence-corrected chi connectivity index (χ1v) is 8.41. The van der Waals surface area contributed by atoms with E-state index in [0.29, 0.717) is 22.4 Å². The third kappa shape index (κ3) is 2.13. The molecule has 0 saturated heterocycles. The van der Waals surface area contributed by atoms with E-state index in [9.17, 15) is 9.90 Å². The number of hydrogen-bond donors (Lipinski definition) is 2. The summed E-state index contributed by atoms with van der Waals surface area (Å²) in [5.74, 6) is 1.07. The number of phenols is 1. The molecule has 4 aliphatic carbocycles. The van der Waals surface area contributed by atoms with Crippen LogP contribution < -0.4 is 5.32 Å². The molecule has 118 valence electrons. The van der Waals surface area contributed by atoms with Crippen molar-refractivity contribution in [2.75, 3.05) is 5.32 Å². The first kappa shape index (κ1) is 14.1. The molecular weight excluding hydrogens is 274 g/mol. The Morgan fingerprint density at radius 2 is 1.82 bits per heavy atom. The molecule has 1 amide bonds. The number of rotatable bonds is 2. The maximum Gasteiger partial charge on any atom is 0.230 e. The standard InChI is InChI=1S/C19H25NO2/c1-17-7-13-8-18(2,10-17)12-19(9-13,11-17)16(22)20-14-4-3-5-15(21)6-14/h3-6,13,21H,7-12H2,1-2H3,(H,20,22). The Balaban J connectivity index is 1.62. The molecule has 0 spiro atoms. The molecule has 2 atom stereocenters. The number of anilines is 1. The molecule has 2 N–H and O–H groups in total. The number of hydrogen-bond acceptors (Lipinski definition) is 2. The summed E-state index contributed by atoms with van der Waals surface area (Å²) in [6.45, 7) is 4.76. The summed E-state index contributed by atoms with van der Waals surface area (Å²) >= 11 is 0. The van der Waals surface area contributed by atoms with Crippen molar-refractivity contribution in [3.05, 3.63) is 24.3 Å². The first-order chi connectivity index (χ1) is 10.3. The van der Waals surface area contributed by atoms with Gasteiger partial charge in [0.25, 0.3) is 0 Å². The Bertz CT molecular complexity index is 620. The average Bonchev–Trinajstić information content (AvgIpc) is 2.34. The van der Waals surface area contributed by atoms with Gasteiger partial charge in [0.1, 0.15) is 5.75 Å². The monoisotopic (exact) mass is 299 g/mol. The van der Waals surface area contributed by atoms with E-state index in [1.54, 1.807) is 18.2 Å². The molecule has 4 saturated carbocycles. The van der Waals surface area contributed by atoms with Crippen molar-refractivity contribution in [2.45, 2.75) is 52.4 Å². The largest absolute Gasteiger partial charge is 0.508 e. The normalized spacial score (nSPS) is 42.4. The van der Waals surface area contributed by atoms with Crippen LogP contribution in [-0.2, 0) is 4.79 Å². The Kier molecular flexibility index (Phi) is 2.74. The van der Waals surface area contributed by atoms with Gasteiger partial charge in [-0.1, -0.05) is 19.9 Å². The SMILES string of the molecule is CC12CC3CC(C)(C1)CC(C(=O)Nc1cccc(O)c1)(C3)C2. The van der Waals surface area contributed by atoms with Crippen LogP contribution in [0.15, 0.2) is 24.3 Å². The zero-order valence-electron chi connectivity index (χ0n) is 13.5. The van der Waals surface area contributed by atoms with E-state index in [0.717, 1.165) is 19.3 Å². The number of phenolic OH excluding ortho intramolecular Hbond substituents is 1. The zero-order chi connectivity index (χ0) is 15.6. The molecule has 4 aliphatic rings. The van der Waals surface area contributed by atoms with Crippen LogP contribution in [0.2, 0.25) is 0 Å². The minimum absolute atomic E-state index is 0.166. The maximum absolute atomic E-state index is 13.1. The van der Waals surface area contributed by atoms with Gasteiger partial charge in [-0.2, -0.15) is 0 Å². The van der Waals surface area contributed by atoms with Crippen LogP contribution in [0.5, 0.6) is 5.75 Å². The van der Waals surface area contributed by atoms with Gasteiger partial charge in [-0.15, -0.1) is 0 Å². The van der Waals surface area contributed by atoms with Gasteiger partial charge >= 0.3 is 0 Å². The second-order valence-electron chi connectivity index (χ2n) is 8.91. The van der Waals surface area contributed by atoms with Crippen molar-refractivity contribution >= 4 is 11.6 Å². The number of carbonyl (C=O) groups is 1. The summed E-state index contributed by atoms with van der Waals surface area (Å²) in [5, 5.41) is 12.7. The van der Waals surface area contributed by atoms with Crippen LogP contribution in [0.4, 0.5) is 5.69 Å². The van der Waals surface area contributed by atoms with Crippen molar-refractivity contribution in [3.63, 3.8) is 0 Å². The minimum atomic E-state index is -0.200. The predicted molar refractivity (Wildman–Crippen MR) is 86.6 cm³/mol. The highest BCUT2D eigenvalue weighted by atomic mass is 16.3. The summed E-state index contributed by atoms with van der Waals surface area (Å²) in [6.07, 6.45) is 6.96. The Morgan fingerprint density at radius 1 is 1.14 bits per heavy atom. The molecule has 1 aromatic rings. The van der Waals surface area contributed by atoms with Gasteiger partial charge in [0.05, 0.1) is 5.41 Å². The van der Waals surface area contributed by atoms with Crippen molar-refractivity contribution in [1.82, 2.24) is 0 Å². The molecule has 2 unspecified atom stereocenters. The smallest absolute Gasteiger partial charge is 0.230 e. The van der Waals surface area contributed by atoms with Gasteiger partial charge in [0.2, 0.25) is 5.91 Å². The second-order valence-corrected chi connectivity index (χ2v) is 8.91. The van der Waals surface area contributed by atoms with Crippen LogP contribution >= 0.6 is 0 Å². The van der Waals surface area contributed by atoms with Crippen molar-refractivity contribution in [3.8, 4) is 5.75 Å². The number of amides is 1. The maximum atomic E-state index is 13.1. The molecule has 3 nitrogen and oxygen atoms in total. The van der Waals surface area contributed by atoms with E-state index < -0.39 is 0 Å². The Morgan fingerprint density at radius 3 is 2.41 bits per heavy atom. The number of aromatic hydroxyl groups is 1. The van der Waals surface area contributed by atoms with Crippen molar-refractivity contribution in [2.24, 2.45) is 22.2 Å². The molecule has 1 aromatic carbocycles. The lowest BCUT2D eigenvalue weighted by molar-refractivity contribution is -0.165. The fourth-order valence-electron chi connectivity index (χ4n) is 6.55. The molecule has 22 heavy (non-hydrogen) atoms. The van der Waals surface area contributed by atoms with Gasteiger partial charge in [-0.3, -0.25) is 4.79 Å². The molecule has 0 aliphatic heterocycles. The summed E-state index contributed by atoms with van der Waals surface area (Å²) in [7, 11) is 0. The highest BCUT2D eigenvalue weighted by Crippen LogP contribution is 2.69. The molecule has 0 heterocycles. The first-order valence-electron chi connectivity index (χ1n) is 8.41. The third-order valence-corrected chi connectivity index (χ3v) is 6.21. The van der Waals surface area contributed by atoms with Gasteiger partial charge in [0.15, 0.2) is 0 Å². The van der Waals surface area contributed by atoms with E-state index in [1.807, 2.05) is 6.07 Å². The quantitative estimate of drug-likeness (QED) is 0.854. The van der Waals surface area contributed by atoms with Gasteiger partial charge in [0, 0.05) is 11.8 Å². The van der Waals surface area contributed by atoms with E-state index in [1.165, 1.54) is 19.3 Å². The van der Waals surface area contributed by atoms with Crippen LogP contribution in [0, 0.1) is 22.2 Å². The Labute approximate surface area is 132 Å². The van der Waals surface area contributed by atoms with Crippen molar-refractivity contribution in [1.29, 1.82) is 0 Å². The zero-order valence-corrected chi connectivity index (χ0v) is 13.5. The lowest BCUT2D eigenvalue weighted by atomic mass is 9.40. The highest BCUT2D eigenvalue weighted by Gasteiger charge is 2.62. The minimum Gasteiger partial charge on any atom is -0.508 e. The fraction of sp³-hybridized carbons (Fsp3) is 0.632. The molecule has 3 heteroatoms. The number of carbonyl (C=O) groups excluding carboxylic acids is 1. The van der Waals surface area contributed by atoms with Gasteiger partial charge < -0.3 is 10.4 Å². The lowest BCUT2D eigenvalue weighted by Gasteiger charge is -2.64. The summed E-state index contributed by atoms with van der Waals surface area (Å²) in [4.78, 5) is 13.1. The molecule has 5 rings (SSSR count). The van der Waals surface area contributed by atoms with Crippen LogP contribution in [-0.4, -0.2) is 11.0 Å². The summed E-state index contributed by atoms with van der Waals surface area (Å²) in [6, 6.07) is 6.87. The Hall–Kier alpha value is -1.51. The van der Waals surface area contributed by atoms with Gasteiger partial charge in [-0.25, -0.2) is 0 Å². The van der Waals surface area contributed by atoms with E-state index in [2.05, 4.69) is 19.2 Å². The third-order valence-electron chi connectivity index (χ3n) is 6.21. The molecular formula is C19H25NO2. The molecule has 0 radical (unpaired) electrons. The molecule has 4 fully saturated rings. The topological polar surface area (TPSA) is 49.3 Å².